The predicted molar refractivity (Wildman–Crippen MR) is 159 cm³/mol. The summed E-state index contributed by atoms with van der Waals surface area (Å²) >= 11 is 6.27. The highest BCUT2D eigenvalue weighted by molar-refractivity contribution is 6.33. The Morgan fingerprint density at radius 3 is 2.70 bits per heavy atom. The van der Waals surface area contributed by atoms with E-state index in [2.05, 4.69) is 39.8 Å². The average Bonchev–Trinajstić information content (AvgIpc) is 3.36. The van der Waals surface area contributed by atoms with Crippen molar-refractivity contribution in [2.24, 2.45) is 16.5 Å². The van der Waals surface area contributed by atoms with E-state index < -0.39 is 5.82 Å². The summed E-state index contributed by atoms with van der Waals surface area (Å²) < 4.78 is 15.7. The van der Waals surface area contributed by atoms with Crippen LogP contribution in [0.1, 0.15) is 49.3 Å². The Morgan fingerprint density at radius 2 is 1.95 bits per heavy atom. The molecular weight excluding hydrogens is 529 g/mol. The summed E-state index contributed by atoms with van der Waals surface area (Å²) in [5.41, 5.74) is 19.3. The number of anilines is 1. The maximum atomic E-state index is 13.9. The van der Waals surface area contributed by atoms with Crippen molar-refractivity contribution < 1.29 is 9.18 Å². The Bertz CT molecular complexity index is 1590. The second kappa shape index (κ2) is 11.7. The number of benzene rings is 2. The van der Waals surface area contributed by atoms with Gasteiger partial charge in [-0.15, -0.1) is 0 Å². The van der Waals surface area contributed by atoms with E-state index in [4.69, 9.17) is 23.1 Å². The molecule has 6 N–H and O–H groups in total. The van der Waals surface area contributed by atoms with Crippen LogP contribution < -0.4 is 22.1 Å². The SMILES string of the molecule is CC(=O)NCc1ccc(C)c(-c2cc3c(N[C@H]4CC[C@H](N)CC4)c(/C(N)=N/c4cc(F)ccc4Cl)cnn3c2)c1. The summed E-state index contributed by atoms with van der Waals surface area (Å²) in [6, 6.07) is 12.6. The minimum atomic E-state index is -0.450. The number of nitrogens with one attached hydrogen (secondary N) is 2. The summed E-state index contributed by atoms with van der Waals surface area (Å²) in [5.74, 6) is -0.353. The van der Waals surface area contributed by atoms with E-state index in [9.17, 15) is 9.18 Å². The summed E-state index contributed by atoms with van der Waals surface area (Å²) in [4.78, 5) is 15.9. The number of nitrogens with two attached hydrogens (primary N) is 2. The zero-order valence-electron chi connectivity index (χ0n) is 22.5. The smallest absolute Gasteiger partial charge is 0.217 e. The molecule has 0 aliphatic heterocycles. The fourth-order valence-corrected chi connectivity index (χ4v) is 5.26. The molecule has 1 amide bonds. The van der Waals surface area contributed by atoms with Crippen LogP contribution in [0.2, 0.25) is 5.02 Å². The lowest BCUT2D eigenvalue weighted by molar-refractivity contribution is -0.119. The number of amides is 1. The van der Waals surface area contributed by atoms with Crippen LogP contribution in [-0.2, 0) is 11.3 Å². The molecular formula is C30H33ClFN7O. The molecule has 0 atom stereocenters. The number of amidine groups is 1. The third-order valence-corrected chi connectivity index (χ3v) is 7.66. The molecule has 0 unspecified atom stereocenters. The van der Waals surface area contributed by atoms with Gasteiger partial charge in [0.15, 0.2) is 0 Å². The summed E-state index contributed by atoms with van der Waals surface area (Å²) in [7, 11) is 0. The van der Waals surface area contributed by atoms with E-state index >= 15 is 0 Å². The van der Waals surface area contributed by atoms with Gasteiger partial charge in [0.05, 0.1) is 33.7 Å². The third kappa shape index (κ3) is 6.11. The lowest BCUT2D eigenvalue weighted by atomic mass is 9.91. The number of hydrogen-bond acceptors (Lipinski definition) is 5. The first-order valence-corrected chi connectivity index (χ1v) is 13.7. The van der Waals surface area contributed by atoms with Crippen LogP contribution in [0.4, 0.5) is 15.8 Å². The molecule has 0 radical (unpaired) electrons. The van der Waals surface area contributed by atoms with Gasteiger partial charge >= 0.3 is 0 Å². The van der Waals surface area contributed by atoms with Crippen LogP contribution in [0, 0.1) is 12.7 Å². The highest BCUT2D eigenvalue weighted by Gasteiger charge is 2.22. The topological polar surface area (TPSA) is 123 Å². The van der Waals surface area contributed by atoms with E-state index in [0.29, 0.717) is 17.1 Å². The first kappa shape index (κ1) is 27.6. The second-order valence-electron chi connectivity index (χ2n) is 10.4. The van der Waals surface area contributed by atoms with Crippen molar-refractivity contribution in [3.05, 3.63) is 82.4 Å². The number of carbonyl (C=O) groups excluding carboxylic acids is 1. The van der Waals surface area contributed by atoms with Gasteiger partial charge < -0.3 is 22.1 Å². The summed E-state index contributed by atoms with van der Waals surface area (Å²) in [5, 5.41) is 11.5. The first-order chi connectivity index (χ1) is 19.2. The number of halogens is 2. The summed E-state index contributed by atoms with van der Waals surface area (Å²) in [6.07, 6.45) is 7.37. The van der Waals surface area contributed by atoms with Gasteiger partial charge in [0.2, 0.25) is 5.91 Å². The predicted octanol–water partition coefficient (Wildman–Crippen LogP) is 5.46. The Balaban J connectivity index is 1.60. The minimum absolute atomic E-state index is 0.0772. The number of carbonyl (C=O) groups is 1. The standard InChI is InChI=1S/C30H33ClFN7O/c1-17-3-4-19(14-35-18(2)40)11-24(17)20-12-28-29(37-23-8-6-22(33)7-9-23)25(15-36-39(28)16-20)30(34)38-27-13-21(32)5-10-26(27)31/h3-5,10-13,15-16,22-23,37H,6-9,14,33H2,1-2H3,(H2,34,38)(H,35,40)/t22-,23-. The fourth-order valence-electron chi connectivity index (χ4n) is 5.10. The molecule has 8 nitrogen and oxygen atoms in total. The lowest BCUT2D eigenvalue weighted by Gasteiger charge is -2.28. The minimum Gasteiger partial charge on any atom is -0.383 e. The van der Waals surface area contributed by atoms with Crippen LogP contribution in [0.3, 0.4) is 0 Å². The average molecular weight is 562 g/mol. The van der Waals surface area contributed by atoms with Gasteiger partial charge in [-0.1, -0.05) is 23.7 Å². The number of aliphatic imine (C=N–C) groups is 1. The van der Waals surface area contributed by atoms with Gasteiger partial charge in [-0.2, -0.15) is 5.10 Å². The molecule has 2 aromatic heterocycles. The highest BCUT2D eigenvalue weighted by Crippen LogP contribution is 2.33. The second-order valence-corrected chi connectivity index (χ2v) is 10.8. The van der Waals surface area contributed by atoms with Crippen LogP contribution in [0.25, 0.3) is 16.6 Å². The molecule has 4 aromatic rings. The molecule has 0 spiro atoms. The van der Waals surface area contributed by atoms with E-state index in [1.807, 2.05) is 22.8 Å². The van der Waals surface area contributed by atoms with Gasteiger partial charge in [-0.05, 0) is 73.6 Å². The van der Waals surface area contributed by atoms with Crippen molar-refractivity contribution in [3.8, 4) is 11.1 Å². The van der Waals surface area contributed by atoms with Crippen molar-refractivity contribution in [2.75, 3.05) is 5.32 Å². The molecule has 40 heavy (non-hydrogen) atoms. The Morgan fingerprint density at radius 1 is 1.18 bits per heavy atom. The first-order valence-electron chi connectivity index (χ1n) is 13.4. The fraction of sp³-hybridized carbons (Fsp3) is 0.300. The molecule has 1 saturated carbocycles. The highest BCUT2D eigenvalue weighted by atomic mass is 35.5. The van der Waals surface area contributed by atoms with E-state index in [0.717, 1.165) is 59.1 Å². The van der Waals surface area contributed by atoms with Gasteiger partial charge in [0.25, 0.3) is 0 Å². The van der Waals surface area contributed by atoms with Crippen LogP contribution in [0.5, 0.6) is 0 Å². The van der Waals surface area contributed by atoms with Crippen LogP contribution in [-0.4, -0.2) is 33.4 Å². The van der Waals surface area contributed by atoms with Gasteiger partial charge in [0, 0.05) is 43.4 Å². The zero-order valence-corrected chi connectivity index (χ0v) is 23.3. The largest absolute Gasteiger partial charge is 0.383 e. The van der Waals surface area contributed by atoms with Gasteiger partial charge in [-0.3, -0.25) is 4.79 Å². The van der Waals surface area contributed by atoms with Crippen molar-refractivity contribution in [1.29, 1.82) is 0 Å². The van der Waals surface area contributed by atoms with E-state index in [-0.39, 0.29) is 29.5 Å². The Hall–Kier alpha value is -3.95. The normalized spacial score (nSPS) is 17.7. The van der Waals surface area contributed by atoms with Crippen LogP contribution in [0.15, 0.2) is 59.9 Å². The molecule has 2 heterocycles. The number of hydrogen-bond donors (Lipinski definition) is 4. The van der Waals surface area contributed by atoms with E-state index in [1.165, 1.54) is 25.1 Å². The molecule has 2 aromatic carbocycles. The molecule has 1 fully saturated rings. The number of rotatable bonds is 7. The monoisotopic (exact) mass is 561 g/mol. The van der Waals surface area contributed by atoms with Crippen molar-refractivity contribution in [2.45, 2.75) is 58.2 Å². The lowest BCUT2D eigenvalue weighted by Crippen LogP contribution is -2.33. The van der Waals surface area contributed by atoms with Crippen molar-refractivity contribution in [3.63, 3.8) is 0 Å². The molecule has 10 heteroatoms. The van der Waals surface area contributed by atoms with E-state index in [1.54, 1.807) is 6.20 Å². The Labute approximate surface area is 237 Å². The van der Waals surface area contributed by atoms with Gasteiger partial charge in [0.1, 0.15) is 11.7 Å². The molecule has 0 bridgehead atoms. The van der Waals surface area contributed by atoms with Crippen molar-refractivity contribution >= 4 is 40.2 Å². The van der Waals surface area contributed by atoms with Gasteiger partial charge in [-0.25, -0.2) is 13.9 Å². The molecule has 5 rings (SSSR count). The molecule has 1 aliphatic rings. The zero-order chi connectivity index (χ0) is 28.4. The van der Waals surface area contributed by atoms with Crippen molar-refractivity contribution in [1.82, 2.24) is 14.9 Å². The third-order valence-electron chi connectivity index (χ3n) is 7.34. The Kier molecular flexibility index (Phi) is 8.04. The maximum absolute atomic E-state index is 13.9. The molecule has 1 aliphatic carbocycles. The number of aryl methyl sites for hydroxylation is 1. The van der Waals surface area contributed by atoms with Crippen LogP contribution >= 0.6 is 11.6 Å². The molecule has 0 saturated heterocycles. The number of fused-ring (bicyclic) bond motifs is 1. The molecule has 208 valence electrons. The maximum Gasteiger partial charge on any atom is 0.217 e. The summed E-state index contributed by atoms with van der Waals surface area (Å²) in [6.45, 7) is 4.01. The quantitative estimate of drug-likeness (QED) is 0.176. The number of nitrogens with zero attached hydrogens (tertiary/aromatic N) is 3. The number of aromatic nitrogens is 2.